The first-order chi connectivity index (χ1) is 11.5. The molecule has 1 aliphatic rings. The number of hydrogen-bond acceptors (Lipinski definition) is 5. The molecule has 1 aromatic carbocycles. The van der Waals surface area contributed by atoms with Gasteiger partial charge in [0.1, 0.15) is 5.56 Å². The van der Waals surface area contributed by atoms with Crippen LogP contribution in [0.25, 0.3) is 0 Å². The van der Waals surface area contributed by atoms with Gasteiger partial charge in [0.15, 0.2) is 0 Å². The summed E-state index contributed by atoms with van der Waals surface area (Å²) in [7, 11) is 1.88. The molecule has 8 heteroatoms. The lowest BCUT2D eigenvalue weighted by molar-refractivity contribution is -0.385. The van der Waals surface area contributed by atoms with E-state index in [0.29, 0.717) is 13.1 Å². The van der Waals surface area contributed by atoms with Crippen LogP contribution in [0.2, 0.25) is 0 Å². The summed E-state index contributed by atoms with van der Waals surface area (Å²) in [5.74, 6) is -0.275. The first-order valence-corrected chi connectivity index (χ1v) is 7.77. The summed E-state index contributed by atoms with van der Waals surface area (Å²) in [6.45, 7) is 3.39. The molecule has 0 saturated carbocycles. The van der Waals surface area contributed by atoms with Gasteiger partial charge in [-0.3, -0.25) is 24.5 Å². The Bertz CT molecular complexity index is 750. The molecule has 2 aromatic rings. The highest BCUT2D eigenvalue weighted by atomic mass is 16.6. The number of aryl methyl sites for hydroxylation is 1. The minimum absolute atomic E-state index is 0.139. The summed E-state index contributed by atoms with van der Waals surface area (Å²) in [6.07, 6.45) is 3.82. The molecule has 0 aliphatic carbocycles. The summed E-state index contributed by atoms with van der Waals surface area (Å²) in [4.78, 5) is 27.1. The number of carbonyl (C=O) groups is 1. The Morgan fingerprint density at radius 1 is 1.25 bits per heavy atom. The molecule has 1 fully saturated rings. The number of aromatic nitrogens is 2. The number of nitrogens with zero attached hydrogens (tertiary/aromatic N) is 5. The highest BCUT2D eigenvalue weighted by Crippen LogP contribution is 2.20. The fraction of sp³-hybridized carbons (Fsp3) is 0.375. The van der Waals surface area contributed by atoms with Crippen LogP contribution in [0.3, 0.4) is 0 Å². The van der Waals surface area contributed by atoms with E-state index in [1.807, 2.05) is 19.4 Å². The molecule has 0 spiro atoms. The molecule has 0 unspecified atom stereocenters. The lowest BCUT2D eigenvalue weighted by Gasteiger charge is -2.34. The van der Waals surface area contributed by atoms with E-state index in [1.165, 1.54) is 12.1 Å². The van der Waals surface area contributed by atoms with E-state index in [9.17, 15) is 14.9 Å². The van der Waals surface area contributed by atoms with Crippen molar-refractivity contribution in [3.63, 3.8) is 0 Å². The van der Waals surface area contributed by atoms with E-state index in [2.05, 4.69) is 10.00 Å². The zero-order chi connectivity index (χ0) is 17.1. The van der Waals surface area contributed by atoms with Gasteiger partial charge in [0, 0.05) is 57.6 Å². The van der Waals surface area contributed by atoms with Crippen molar-refractivity contribution in [2.24, 2.45) is 7.05 Å². The predicted octanol–water partition coefficient (Wildman–Crippen LogP) is 1.29. The van der Waals surface area contributed by atoms with Gasteiger partial charge in [0.25, 0.3) is 11.6 Å². The number of amides is 1. The Labute approximate surface area is 139 Å². The van der Waals surface area contributed by atoms with E-state index < -0.39 is 4.92 Å². The third-order valence-corrected chi connectivity index (χ3v) is 4.16. The van der Waals surface area contributed by atoms with Crippen LogP contribution in [0.1, 0.15) is 15.9 Å². The van der Waals surface area contributed by atoms with Gasteiger partial charge in [0.2, 0.25) is 0 Å². The van der Waals surface area contributed by atoms with Gasteiger partial charge in [-0.05, 0) is 6.07 Å². The van der Waals surface area contributed by atoms with Crippen molar-refractivity contribution in [1.29, 1.82) is 0 Å². The van der Waals surface area contributed by atoms with Gasteiger partial charge >= 0.3 is 0 Å². The number of rotatable bonds is 4. The number of piperazine rings is 1. The zero-order valence-corrected chi connectivity index (χ0v) is 13.5. The molecule has 0 bridgehead atoms. The molecule has 126 valence electrons. The van der Waals surface area contributed by atoms with E-state index in [-0.39, 0.29) is 17.2 Å². The second-order valence-corrected chi connectivity index (χ2v) is 5.86. The molecule has 1 amide bonds. The SMILES string of the molecule is Cn1cc(CN2CCN(C(=O)c3ccccc3[N+](=O)[O-])CC2)cn1. The van der Waals surface area contributed by atoms with Crippen molar-refractivity contribution in [1.82, 2.24) is 19.6 Å². The van der Waals surface area contributed by atoms with Gasteiger partial charge in [-0.15, -0.1) is 0 Å². The maximum atomic E-state index is 12.6. The Kier molecular flexibility index (Phi) is 4.57. The number of nitro benzene ring substituents is 1. The number of para-hydroxylation sites is 1. The van der Waals surface area contributed by atoms with Gasteiger partial charge in [-0.25, -0.2) is 0 Å². The summed E-state index contributed by atoms with van der Waals surface area (Å²) in [6, 6.07) is 6.11. The van der Waals surface area contributed by atoms with Crippen LogP contribution in [-0.4, -0.2) is 56.6 Å². The second kappa shape index (κ2) is 6.79. The number of benzene rings is 1. The predicted molar refractivity (Wildman–Crippen MR) is 87.5 cm³/mol. The topological polar surface area (TPSA) is 84.5 Å². The maximum Gasteiger partial charge on any atom is 0.282 e. The molecule has 2 heterocycles. The average molecular weight is 329 g/mol. The van der Waals surface area contributed by atoms with Crippen LogP contribution in [-0.2, 0) is 13.6 Å². The first-order valence-electron chi connectivity index (χ1n) is 7.77. The summed E-state index contributed by atoms with van der Waals surface area (Å²) in [5, 5.41) is 15.2. The van der Waals surface area contributed by atoms with Crippen molar-refractivity contribution < 1.29 is 9.72 Å². The monoisotopic (exact) mass is 329 g/mol. The van der Waals surface area contributed by atoms with Crippen molar-refractivity contribution in [3.05, 3.63) is 57.9 Å². The standard InChI is InChI=1S/C16H19N5O3/c1-18-11-13(10-17-18)12-19-6-8-20(9-7-19)16(22)14-4-2-3-5-15(14)21(23)24/h2-5,10-11H,6-9,12H2,1H3. The summed E-state index contributed by atoms with van der Waals surface area (Å²) in [5.41, 5.74) is 1.15. The summed E-state index contributed by atoms with van der Waals surface area (Å²) < 4.78 is 1.77. The average Bonchev–Trinajstić information content (AvgIpc) is 3.00. The minimum Gasteiger partial charge on any atom is -0.336 e. The van der Waals surface area contributed by atoms with E-state index in [1.54, 1.807) is 21.7 Å². The Morgan fingerprint density at radius 2 is 1.96 bits per heavy atom. The molecule has 0 radical (unpaired) electrons. The van der Waals surface area contributed by atoms with Crippen LogP contribution in [0.5, 0.6) is 0 Å². The molecule has 1 aliphatic heterocycles. The van der Waals surface area contributed by atoms with Gasteiger partial charge in [-0.2, -0.15) is 5.10 Å². The quantitative estimate of drug-likeness (QED) is 0.623. The van der Waals surface area contributed by atoms with Crippen molar-refractivity contribution in [3.8, 4) is 0 Å². The zero-order valence-electron chi connectivity index (χ0n) is 13.5. The fourth-order valence-electron chi connectivity index (χ4n) is 2.90. The van der Waals surface area contributed by atoms with Crippen LogP contribution in [0, 0.1) is 10.1 Å². The van der Waals surface area contributed by atoms with Gasteiger partial charge in [-0.1, -0.05) is 12.1 Å². The molecule has 8 nitrogen and oxygen atoms in total. The van der Waals surface area contributed by atoms with Crippen LogP contribution < -0.4 is 0 Å². The van der Waals surface area contributed by atoms with Crippen LogP contribution in [0.4, 0.5) is 5.69 Å². The molecule has 1 saturated heterocycles. The smallest absolute Gasteiger partial charge is 0.282 e. The second-order valence-electron chi connectivity index (χ2n) is 5.86. The Hall–Kier alpha value is -2.74. The lowest BCUT2D eigenvalue weighted by Crippen LogP contribution is -2.48. The molecular weight excluding hydrogens is 310 g/mol. The Morgan fingerprint density at radius 3 is 2.58 bits per heavy atom. The normalized spacial score (nSPS) is 15.5. The molecule has 0 N–H and O–H groups in total. The molecule has 0 atom stereocenters. The first kappa shape index (κ1) is 16.1. The van der Waals surface area contributed by atoms with Crippen molar-refractivity contribution >= 4 is 11.6 Å². The van der Waals surface area contributed by atoms with Crippen molar-refractivity contribution in [2.75, 3.05) is 26.2 Å². The molecule has 24 heavy (non-hydrogen) atoms. The molecule has 1 aromatic heterocycles. The van der Waals surface area contributed by atoms with Crippen molar-refractivity contribution in [2.45, 2.75) is 6.54 Å². The summed E-state index contributed by atoms with van der Waals surface area (Å²) >= 11 is 0. The number of nitro groups is 1. The maximum absolute atomic E-state index is 12.6. The third kappa shape index (κ3) is 3.43. The number of carbonyl (C=O) groups excluding carboxylic acids is 1. The Balaban J connectivity index is 1.62. The third-order valence-electron chi connectivity index (χ3n) is 4.16. The van der Waals surface area contributed by atoms with Crippen LogP contribution in [0.15, 0.2) is 36.7 Å². The largest absolute Gasteiger partial charge is 0.336 e. The highest BCUT2D eigenvalue weighted by molar-refractivity contribution is 5.98. The van der Waals surface area contributed by atoms with E-state index >= 15 is 0 Å². The molecular formula is C16H19N5O3. The van der Waals surface area contributed by atoms with Crippen LogP contribution >= 0.6 is 0 Å². The fourth-order valence-corrected chi connectivity index (χ4v) is 2.90. The number of hydrogen-bond donors (Lipinski definition) is 0. The van der Waals surface area contributed by atoms with E-state index in [4.69, 9.17) is 0 Å². The van der Waals surface area contributed by atoms with Gasteiger partial charge in [0.05, 0.1) is 11.1 Å². The lowest BCUT2D eigenvalue weighted by atomic mass is 10.1. The molecule has 3 rings (SSSR count). The van der Waals surface area contributed by atoms with Gasteiger partial charge < -0.3 is 4.90 Å². The van der Waals surface area contributed by atoms with E-state index in [0.717, 1.165) is 25.2 Å². The minimum atomic E-state index is -0.508. The highest BCUT2D eigenvalue weighted by Gasteiger charge is 2.27.